The Hall–Kier alpha value is -3.41. The van der Waals surface area contributed by atoms with E-state index in [1.165, 1.54) is 0 Å². The summed E-state index contributed by atoms with van der Waals surface area (Å²) >= 11 is 0. The zero-order valence-electron chi connectivity index (χ0n) is 16.7. The van der Waals surface area contributed by atoms with E-state index in [4.69, 9.17) is 0 Å². The summed E-state index contributed by atoms with van der Waals surface area (Å²) in [6.07, 6.45) is 2.68. The van der Waals surface area contributed by atoms with Gasteiger partial charge < -0.3 is 15.2 Å². The van der Waals surface area contributed by atoms with Gasteiger partial charge in [-0.2, -0.15) is 0 Å². The van der Waals surface area contributed by atoms with Crippen molar-refractivity contribution in [3.05, 3.63) is 76.9 Å². The Morgan fingerprint density at radius 1 is 0.966 bits per heavy atom. The third-order valence-corrected chi connectivity index (χ3v) is 5.20. The van der Waals surface area contributed by atoms with E-state index < -0.39 is 0 Å². The zero-order chi connectivity index (χ0) is 20.4. The summed E-state index contributed by atoms with van der Waals surface area (Å²) in [5.41, 5.74) is 4.75. The Balaban J connectivity index is 1.63. The van der Waals surface area contributed by atoms with Gasteiger partial charge in [0.05, 0.1) is 5.69 Å². The maximum absolute atomic E-state index is 13.0. The van der Waals surface area contributed by atoms with E-state index >= 15 is 0 Å². The predicted octanol–water partition coefficient (Wildman–Crippen LogP) is 4.34. The highest BCUT2D eigenvalue weighted by atomic mass is 16.2. The summed E-state index contributed by atoms with van der Waals surface area (Å²) in [6.45, 7) is 4.67. The summed E-state index contributed by atoms with van der Waals surface area (Å²) in [7, 11) is 0. The fourth-order valence-corrected chi connectivity index (χ4v) is 3.74. The Morgan fingerprint density at radius 3 is 2.52 bits per heavy atom. The van der Waals surface area contributed by atoms with E-state index in [1.54, 1.807) is 0 Å². The molecule has 0 spiro atoms. The van der Waals surface area contributed by atoms with Crippen molar-refractivity contribution in [1.82, 2.24) is 9.55 Å². The van der Waals surface area contributed by atoms with Crippen molar-refractivity contribution in [3.63, 3.8) is 0 Å². The van der Waals surface area contributed by atoms with Gasteiger partial charge in [-0.05, 0) is 56.9 Å². The first-order chi connectivity index (χ1) is 14.0. The van der Waals surface area contributed by atoms with Gasteiger partial charge in [0.25, 0.3) is 11.8 Å². The van der Waals surface area contributed by atoms with E-state index in [9.17, 15) is 9.59 Å². The first kappa shape index (κ1) is 18.9. The van der Waals surface area contributed by atoms with Crippen LogP contribution in [0.15, 0.2) is 48.5 Å². The number of hydrogen-bond donors (Lipinski definition) is 2. The van der Waals surface area contributed by atoms with Crippen LogP contribution in [0.3, 0.4) is 0 Å². The molecule has 148 valence electrons. The average molecular weight is 388 g/mol. The normalized spacial score (nSPS) is 12.9. The van der Waals surface area contributed by atoms with Gasteiger partial charge in [-0.3, -0.25) is 9.59 Å². The second kappa shape index (κ2) is 7.91. The van der Waals surface area contributed by atoms with Crippen LogP contribution in [0.4, 0.5) is 11.4 Å². The number of benzene rings is 2. The molecule has 0 bridgehead atoms. The molecule has 0 saturated carbocycles. The number of nitrogens with zero attached hydrogens (tertiary/aromatic N) is 2. The van der Waals surface area contributed by atoms with Crippen LogP contribution in [0.1, 0.15) is 50.8 Å². The van der Waals surface area contributed by atoms with E-state index in [-0.39, 0.29) is 17.6 Å². The Morgan fingerprint density at radius 2 is 1.76 bits per heavy atom. The molecule has 0 aliphatic carbocycles. The second-order valence-electron chi connectivity index (χ2n) is 7.43. The van der Waals surface area contributed by atoms with Crippen molar-refractivity contribution in [2.24, 2.45) is 0 Å². The van der Waals surface area contributed by atoms with Gasteiger partial charge in [-0.15, -0.1) is 0 Å². The predicted molar refractivity (Wildman–Crippen MR) is 113 cm³/mol. The monoisotopic (exact) mass is 388 g/mol. The van der Waals surface area contributed by atoms with Crippen molar-refractivity contribution in [2.75, 3.05) is 10.6 Å². The van der Waals surface area contributed by atoms with Crippen LogP contribution >= 0.6 is 0 Å². The van der Waals surface area contributed by atoms with Crippen LogP contribution < -0.4 is 10.6 Å². The summed E-state index contributed by atoms with van der Waals surface area (Å²) in [6, 6.07) is 15.2. The Kier molecular flexibility index (Phi) is 5.16. The molecule has 2 heterocycles. The fraction of sp³-hybridized carbons (Fsp3) is 0.261. The summed E-state index contributed by atoms with van der Waals surface area (Å²) in [4.78, 5) is 30.3. The zero-order valence-corrected chi connectivity index (χ0v) is 16.7. The molecule has 1 aliphatic rings. The van der Waals surface area contributed by atoms with Gasteiger partial charge in [0.1, 0.15) is 0 Å². The van der Waals surface area contributed by atoms with Crippen molar-refractivity contribution in [3.8, 4) is 0 Å². The maximum atomic E-state index is 13.0. The van der Waals surface area contributed by atoms with E-state index in [1.807, 2.05) is 66.9 Å². The lowest BCUT2D eigenvalue weighted by Crippen LogP contribution is -2.21. The highest BCUT2D eigenvalue weighted by Crippen LogP contribution is 2.24. The fourth-order valence-electron chi connectivity index (χ4n) is 3.74. The number of imidazole rings is 1. The smallest absolute Gasteiger partial charge is 0.291 e. The van der Waals surface area contributed by atoms with Crippen molar-refractivity contribution in [1.29, 1.82) is 0 Å². The van der Waals surface area contributed by atoms with E-state index in [2.05, 4.69) is 15.6 Å². The lowest BCUT2D eigenvalue weighted by Gasteiger charge is -2.17. The van der Waals surface area contributed by atoms with Gasteiger partial charge in [0.2, 0.25) is 0 Å². The van der Waals surface area contributed by atoms with Crippen molar-refractivity contribution < 1.29 is 9.59 Å². The van der Waals surface area contributed by atoms with Crippen molar-refractivity contribution >= 4 is 23.2 Å². The van der Waals surface area contributed by atoms with Gasteiger partial charge in [-0.1, -0.05) is 35.9 Å². The molecule has 0 atom stereocenters. The van der Waals surface area contributed by atoms with Crippen LogP contribution in [0, 0.1) is 13.8 Å². The summed E-state index contributed by atoms with van der Waals surface area (Å²) in [5.74, 6) is -0.288. The molecule has 0 fully saturated rings. The Bertz CT molecular complexity index is 1070. The van der Waals surface area contributed by atoms with Crippen LogP contribution in [0.25, 0.3) is 0 Å². The van der Waals surface area contributed by atoms with Crippen molar-refractivity contribution in [2.45, 2.75) is 39.7 Å². The van der Waals surface area contributed by atoms with Crippen LogP contribution in [0.2, 0.25) is 0 Å². The summed E-state index contributed by atoms with van der Waals surface area (Å²) < 4.78 is 1.89. The molecular weight excluding hydrogens is 364 g/mol. The maximum Gasteiger partial charge on any atom is 0.291 e. The number of fused-ring (bicyclic) bond motifs is 1. The minimum Gasteiger partial charge on any atom is -0.323 e. The van der Waals surface area contributed by atoms with Crippen LogP contribution in [-0.2, 0) is 13.0 Å². The number of anilines is 2. The first-order valence-electron chi connectivity index (χ1n) is 9.87. The average Bonchev–Trinajstić information content (AvgIpc) is 3.11. The van der Waals surface area contributed by atoms with Gasteiger partial charge >= 0.3 is 0 Å². The molecule has 0 saturated heterocycles. The lowest BCUT2D eigenvalue weighted by molar-refractivity contribution is 0.101. The quantitative estimate of drug-likeness (QED) is 0.698. The number of para-hydroxylation sites is 1. The van der Waals surface area contributed by atoms with Crippen LogP contribution in [-0.4, -0.2) is 21.4 Å². The number of amides is 2. The molecule has 3 aromatic rings. The summed E-state index contributed by atoms with van der Waals surface area (Å²) in [5, 5.41) is 5.83. The highest BCUT2D eigenvalue weighted by Gasteiger charge is 2.27. The van der Waals surface area contributed by atoms with Gasteiger partial charge in [0, 0.05) is 17.9 Å². The number of hydrogen-bond acceptors (Lipinski definition) is 3. The molecule has 29 heavy (non-hydrogen) atoms. The Labute approximate surface area is 170 Å². The number of carbonyl (C=O) groups is 2. The van der Waals surface area contributed by atoms with Crippen LogP contribution in [0.5, 0.6) is 0 Å². The SMILES string of the molecule is Cc1ccc(NC(=O)c2nc(C(=O)Nc3ccccc3)c3n2CCCC3)c(C)c1. The molecule has 1 aromatic heterocycles. The van der Waals surface area contributed by atoms with E-state index in [0.29, 0.717) is 17.9 Å². The molecular formula is C23H24N4O2. The second-order valence-corrected chi connectivity index (χ2v) is 7.43. The van der Waals surface area contributed by atoms with E-state index in [0.717, 1.165) is 41.8 Å². The molecule has 2 N–H and O–H groups in total. The third kappa shape index (κ3) is 3.92. The molecule has 2 amide bonds. The third-order valence-electron chi connectivity index (χ3n) is 5.20. The van der Waals surface area contributed by atoms with Gasteiger partial charge in [0.15, 0.2) is 11.5 Å². The number of nitrogens with one attached hydrogen (secondary N) is 2. The largest absolute Gasteiger partial charge is 0.323 e. The highest BCUT2D eigenvalue weighted by molar-refractivity contribution is 6.07. The lowest BCUT2D eigenvalue weighted by atomic mass is 10.1. The molecule has 2 aromatic carbocycles. The topological polar surface area (TPSA) is 76.0 Å². The molecule has 0 unspecified atom stereocenters. The standard InChI is InChI=1S/C23H24N4O2/c1-15-11-12-18(16(2)14-15)25-23(29)21-26-20(19-10-6-7-13-27(19)21)22(28)24-17-8-4-3-5-9-17/h3-5,8-9,11-12,14H,6-7,10,13H2,1-2H3,(H,24,28)(H,25,29). The number of aromatic nitrogens is 2. The molecule has 6 nitrogen and oxygen atoms in total. The number of rotatable bonds is 4. The number of carbonyl (C=O) groups excluding carboxylic acids is 2. The molecule has 4 rings (SSSR count). The minimum atomic E-state index is -0.293. The molecule has 6 heteroatoms. The number of aryl methyl sites for hydroxylation is 2. The van der Waals surface area contributed by atoms with Gasteiger partial charge in [-0.25, -0.2) is 4.98 Å². The minimum absolute atomic E-state index is 0.285. The first-order valence-corrected chi connectivity index (χ1v) is 9.87. The molecule has 1 aliphatic heterocycles. The molecule has 0 radical (unpaired) electrons.